The van der Waals surface area contributed by atoms with Crippen LogP contribution < -0.4 is 5.32 Å². The zero-order chi connectivity index (χ0) is 13.9. The van der Waals surface area contributed by atoms with Gasteiger partial charge in [0.25, 0.3) is 0 Å². The first-order chi connectivity index (χ1) is 9.24. The second kappa shape index (κ2) is 9.99. The van der Waals surface area contributed by atoms with Crippen molar-refractivity contribution >= 4 is 0 Å². The molecule has 0 saturated carbocycles. The Hall–Kier alpha value is -0.860. The molecule has 2 nitrogen and oxygen atoms in total. The van der Waals surface area contributed by atoms with Crippen molar-refractivity contribution in [1.29, 1.82) is 0 Å². The standard InChI is InChI=1S/C17H29NO/c1-4-11-18-13-17(10-12-19-14-15(2)3)16-8-6-5-7-9-16/h5-9,15,17-18H,4,10-14H2,1-3H3. The lowest BCUT2D eigenvalue weighted by molar-refractivity contribution is 0.103. The first-order valence-corrected chi connectivity index (χ1v) is 7.57. The Morgan fingerprint density at radius 3 is 2.53 bits per heavy atom. The molecule has 0 amide bonds. The van der Waals surface area contributed by atoms with Crippen molar-refractivity contribution in [3.05, 3.63) is 35.9 Å². The van der Waals surface area contributed by atoms with Gasteiger partial charge in [-0.1, -0.05) is 51.1 Å². The molecule has 0 aliphatic carbocycles. The maximum Gasteiger partial charge on any atom is 0.0488 e. The summed E-state index contributed by atoms with van der Waals surface area (Å²) in [6.45, 7) is 10.4. The van der Waals surface area contributed by atoms with Gasteiger partial charge in [-0.15, -0.1) is 0 Å². The highest BCUT2D eigenvalue weighted by molar-refractivity contribution is 5.19. The molecule has 0 aliphatic rings. The van der Waals surface area contributed by atoms with E-state index >= 15 is 0 Å². The van der Waals surface area contributed by atoms with Crippen molar-refractivity contribution in [1.82, 2.24) is 5.32 Å². The van der Waals surface area contributed by atoms with E-state index < -0.39 is 0 Å². The predicted molar refractivity (Wildman–Crippen MR) is 82.6 cm³/mol. The van der Waals surface area contributed by atoms with Crippen LogP contribution in [0.25, 0.3) is 0 Å². The number of ether oxygens (including phenoxy) is 1. The first kappa shape index (κ1) is 16.2. The minimum absolute atomic E-state index is 0.555. The Morgan fingerprint density at radius 1 is 1.16 bits per heavy atom. The van der Waals surface area contributed by atoms with Crippen molar-refractivity contribution in [2.75, 3.05) is 26.3 Å². The SMILES string of the molecule is CCCNCC(CCOCC(C)C)c1ccccc1. The van der Waals surface area contributed by atoms with Gasteiger partial charge in [0.1, 0.15) is 0 Å². The molecule has 1 N–H and O–H groups in total. The Kier molecular flexibility index (Phi) is 8.52. The summed E-state index contributed by atoms with van der Waals surface area (Å²) in [7, 11) is 0. The fourth-order valence-electron chi connectivity index (χ4n) is 2.11. The molecule has 1 atom stereocenters. The molecule has 0 fully saturated rings. The van der Waals surface area contributed by atoms with Gasteiger partial charge in [0.05, 0.1) is 0 Å². The zero-order valence-electron chi connectivity index (χ0n) is 12.7. The quantitative estimate of drug-likeness (QED) is 0.648. The average Bonchev–Trinajstić information content (AvgIpc) is 2.42. The molecule has 0 heterocycles. The Labute approximate surface area is 118 Å². The smallest absolute Gasteiger partial charge is 0.0488 e. The molecule has 1 unspecified atom stereocenters. The molecule has 19 heavy (non-hydrogen) atoms. The number of rotatable bonds is 10. The van der Waals surface area contributed by atoms with E-state index in [9.17, 15) is 0 Å². The molecule has 0 bridgehead atoms. The van der Waals surface area contributed by atoms with Crippen LogP contribution in [0.3, 0.4) is 0 Å². The van der Waals surface area contributed by atoms with Crippen LogP contribution in [-0.4, -0.2) is 26.3 Å². The van der Waals surface area contributed by atoms with Gasteiger partial charge >= 0.3 is 0 Å². The third-order valence-electron chi connectivity index (χ3n) is 3.15. The summed E-state index contributed by atoms with van der Waals surface area (Å²) in [4.78, 5) is 0. The lowest BCUT2D eigenvalue weighted by atomic mass is 9.96. The number of hydrogen-bond acceptors (Lipinski definition) is 2. The lowest BCUT2D eigenvalue weighted by Gasteiger charge is -2.18. The minimum atomic E-state index is 0.555. The third-order valence-corrected chi connectivity index (χ3v) is 3.15. The molecule has 0 aliphatic heterocycles. The second-order valence-corrected chi connectivity index (χ2v) is 5.57. The van der Waals surface area contributed by atoms with Crippen molar-refractivity contribution in [3.63, 3.8) is 0 Å². The highest BCUT2D eigenvalue weighted by Crippen LogP contribution is 2.18. The number of hydrogen-bond donors (Lipinski definition) is 1. The van der Waals surface area contributed by atoms with E-state index in [4.69, 9.17) is 4.74 Å². The summed E-state index contributed by atoms with van der Waals surface area (Å²) in [6, 6.07) is 10.8. The van der Waals surface area contributed by atoms with Crippen LogP contribution in [0.1, 0.15) is 45.1 Å². The van der Waals surface area contributed by atoms with Gasteiger partial charge < -0.3 is 10.1 Å². The average molecular weight is 263 g/mol. The van der Waals surface area contributed by atoms with Gasteiger partial charge in [-0.2, -0.15) is 0 Å². The van der Waals surface area contributed by atoms with Crippen LogP contribution in [0.4, 0.5) is 0 Å². The molecule has 0 radical (unpaired) electrons. The first-order valence-electron chi connectivity index (χ1n) is 7.57. The maximum atomic E-state index is 5.73. The molecule has 1 aromatic carbocycles. The molecular formula is C17H29NO. The van der Waals surface area contributed by atoms with Gasteiger partial charge in [-0.05, 0) is 36.8 Å². The van der Waals surface area contributed by atoms with Crippen LogP contribution in [0.15, 0.2) is 30.3 Å². The molecule has 108 valence electrons. The Bertz CT molecular complexity index is 310. The monoisotopic (exact) mass is 263 g/mol. The summed E-state index contributed by atoms with van der Waals surface area (Å²) in [5.74, 6) is 1.17. The summed E-state index contributed by atoms with van der Waals surface area (Å²) >= 11 is 0. The highest BCUT2D eigenvalue weighted by Gasteiger charge is 2.10. The van der Waals surface area contributed by atoms with Crippen molar-refractivity contribution in [3.8, 4) is 0 Å². The van der Waals surface area contributed by atoms with Crippen molar-refractivity contribution in [2.45, 2.75) is 39.5 Å². The molecule has 1 aromatic rings. The number of nitrogens with one attached hydrogen (secondary N) is 1. The Balaban J connectivity index is 2.41. The largest absolute Gasteiger partial charge is 0.381 e. The van der Waals surface area contributed by atoms with Crippen molar-refractivity contribution < 1.29 is 4.74 Å². The highest BCUT2D eigenvalue weighted by atomic mass is 16.5. The maximum absolute atomic E-state index is 5.73. The topological polar surface area (TPSA) is 21.3 Å². The van der Waals surface area contributed by atoms with Gasteiger partial charge in [-0.25, -0.2) is 0 Å². The zero-order valence-corrected chi connectivity index (χ0v) is 12.7. The van der Waals surface area contributed by atoms with E-state index in [1.165, 1.54) is 12.0 Å². The summed E-state index contributed by atoms with van der Waals surface area (Å²) in [5.41, 5.74) is 1.42. The molecule has 1 rings (SSSR count). The van der Waals surface area contributed by atoms with E-state index in [1.54, 1.807) is 0 Å². The van der Waals surface area contributed by atoms with E-state index in [0.717, 1.165) is 32.7 Å². The fourth-order valence-corrected chi connectivity index (χ4v) is 2.11. The van der Waals surface area contributed by atoms with Crippen LogP contribution >= 0.6 is 0 Å². The Morgan fingerprint density at radius 2 is 1.89 bits per heavy atom. The summed E-state index contributed by atoms with van der Waals surface area (Å²) in [5, 5.41) is 3.53. The van der Waals surface area contributed by atoms with Crippen LogP contribution in [-0.2, 0) is 4.74 Å². The molecule has 0 spiro atoms. The summed E-state index contributed by atoms with van der Waals surface area (Å²) < 4.78 is 5.73. The molecule has 2 heteroatoms. The van der Waals surface area contributed by atoms with Gasteiger partial charge in [0, 0.05) is 19.8 Å². The van der Waals surface area contributed by atoms with Crippen LogP contribution in [0.5, 0.6) is 0 Å². The van der Waals surface area contributed by atoms with Crippen LogP contribution in [0.2, 0.25) is 0 Å². The van der Waals surface area contributed by atoms with Gasteiger partial charge in [0.2, 0.25) is 0 Å². The van der Waals surface area contributed by atoms with Crippen molar-refractivity contribution in [2.24, 2.45) is 5.92 Å². The van der Waals surface area contributed by atoms with Gasteiger partial charge in [0.15, 0.2) is 0 Å². The summed E-state index contributed by atoms with van der Waals surface area (Å²) in [6.07, 6.45) is 2.28. The van der Waals surface area contributed by atoms with Gasteiger partial charge in [-0.3, -0.25) is 0 Å². The van der Waals surface area contributed by atoms with Crippen LogP contribution in [0, 0.1) is 5.92 Å². The fraction of sp³-hybridized carbons (Fsp3) is 0.647. The number of benzene rings is 1. The van der Waals surface area contributed by atoms with E-state index in [2.05, 4.69) is 56.4 Å². The molecular weight excluding hydrogens is 234 g/mol. The second-order valence-electron chi connectivity index (χ2n) is 5.57. The predicted octanol–water partition coefficient (Wildman–Crippen LogP) is 3.83. The normalized spacial score (nSPS) is 12.8. The van der Waals surface area contributed by atoms with E-state index in [1.807, 2.05) is 0 Å². The lowest BCUT2D eigenvalue weighted by Crippen LogP contribution is -2.23. The molecule has 0 saturated heterocycles. The molecule has 0 aromatic heterocycles. The van der Waals surface area contributed by atoms with E-state index in [-0.39, 0.29) is 0 Å². The van der Waals surface area contributed by atoms with E-state index in [0.29, 0.717) is 11.8 Å². The minimum Gasteiger partial charge on any atom is -0.381 e. The third kappa shape index (κ3) is 7.34.